The first kappa shape index (κ1) is 18.3. The minimum absolute atomic E-state index is 0.0427. The third kappa shape index (κ3) is 4.02. The van der Waals surface area contributed by atoms with Gasteiger partial charge in [-0.3, -0.25) is 9.59 Å². The molecule has 1 aliphatic heterocycles. The summed E-state index contributed by atoms with van der Waals surface area (Å²) in [6.45, 7) is 6.25. The van der Waals surface area contributed by atoms with Gasteiger partial charge in [-0.1, -0.05) is 25.4 Å². The van der Waals surface area contributed by atoms with Gasteiger partial charge in [0.25, 0.3) is 5.91 Å². The molecule has 3 rings (SSSR count). The minimum atomic E-state index is -0.0903. The highest BCUT2D eigenvalue weighted by Gasteiger charge is 2.24. The third-order valence-electron chi connectivity index (χ3n) is 4.38. The number of nitrogens with zero attached hydrogens (tertiary/aromatic N) is 2. The van der Waals surface area contributed by atoms with Crippen LogP contribution in [0.5, 0.6) is 0 Å². The SMILES string of the molecule is CC(C)C(=O)Nc1ccc(N2CCN(C(=O)c3ccco3)CC2)c(Cl)c1. The zero-order valence-corrected chi connectivity index (χ0v) is 15.6. The lowest BCUT2D eigenvalue weighted by molar-refractivity contribution is -0.118. The van der Waals surface area contributed by atoms with Crippen LogP contribution in [0.4, 0.5) is 11.4 Å². The van der Waals surface area contributed by atoms with Crippen molar-refractivity contribution in [3.8, 4) is 0 Å². The number of nitrogens with one attached hydrogen (secondary N) is 1. The summed E-state index contributed by atoms with van der Waals surface area (Å²) < 4.78 is 5.18. The quantitative estimate of drug-likeness (QED) is 0.888. The molecule has 7 heteroatoms. The fraction of sp³-hybridized carbons (Fsp3) is 0.368. The van der Waals surface area contributed by atoms with Gasteiger partial charge in [-0.15, -0.1) is 0 Å². The van der Waals surface area contributed by atoms with E-state index in [0.717, 1.165) is 5.69 Å². The molecule has 0 unspecified atom stereocenters. The average molecular weight is 376 g/mol. The fourth-order valence-corrected chi connectivity index (χ4v) is 3.13. The molecule has 0 radical (unpaired) electrons. The topological polar surface area (TPSA) is 65.8 Å². The molecule has 0 aliphatic carbocycles. The molecule has 0 saturated carbocycles. The van der Waals surface area contributed by atoms with Crippen LogP contribution in [-0.2, 0) is 4.79 Å². The van der Waals surface area contributed by atoms with Crippen molar-refractivity contribution in [2.75, 3.05) is 36.4 Å². The van der Waals surface area contributed by atoms with Crippen LogP contribution < -0.4 is 10.2 Å². The van der Waals surface area contributed by atoms with Gasteiger partial charge >= 0.3 is 0 Å². The Labute approximate surface area is 157 Å². The van der Waals surface area contributed by atoms with Gasteiger partial charge < -0.3 is 19.5 Å². The lowest BCUT2D eigenvalue weighted by atomic mass is 10.2. The number of carbonyl (C=O) groups excluding carboxylic acids is 2. The van der Waals surface area contributed by atoms with Crippen LogP contribution in [0.2, 0.25) is 5.02 Å². The predicted molar refractivity (Wildman–Crippen MR) is 102 cm³/mol. The van der Waals surface area contributed by atoms with E-state index in [1.807, 2.05) is 26.0 Å². The Hall–Kier alpha value is -2.47. The molecule has 6 nitrogen and oxygen atoms in total. The molecule has 0 atom stereocenters. The smallest absolute Gasteiger partial charge is 0.289 e. The lowest BCUT2D eigenvalue weighted by Crippen LogP contribution is -2.48. The molecule has 1 saturated heterocycles. The maximum Gasteiger partial charge on any atom is 0.289 e. The highest BCUT2D eigenvalue weighted by molar-refractivity contribution is 6.33. The van der Waals surface area contributed by atoms with Gasteiger partial charge in [-0.25, -0.2) is 0 Å². The van der Waals surface area contributed by atoms with E-state index in [4.69, 9.17) is 16.0 Å². The highest BCUT2D eigenvalue weighted by atomic mass is 35.5. The van der Waals surface area contributed by atoms with E-state index >= 15 is 0 Å². The summed E-state index contributed by atoms with van der Waals surface area (Å²) in [5.41, 5.74) is 1.59. The first-order valence-electron chi connectivity index (χ1n) is 8.64. The predicted octanol–water partition coefficient (Wildman–Crippen LogP) is 3.49. The number of furan rings is 1. The fourth-order valence-electron chi connectivity index (χ4n) is 2.83. The number of carbonyl (C=O) groups is 2. The summed E-state index contributed by atoms with van der Waals surface area (Å²) in [5.74, 6) is 0.140. The number of amides is 2. The van der Waals surface area contributed by atoms with Gasteiger partial charge in [0.1, 0.15) is 0 Å². The molecule has 2 amide bonds. The van der Waals surface area contributed by atoms with Gasteiger partial charge in [0, 0.05) is 37.8 Å². The Morgan fingerprint density at radius 3 is 2.46 bits per heavy atom. The van der Waals surface area contributed by atoms with Crippen LogP contribution in [0.15, 0.2) is 41.0 Å². The summed E-state index contributed by atoms with van der Waals surface area (Å²) in [7, 11) is 0. The zero-order chi connectivity index (χ0) is 18.7. The van der Waals surface area contributed by atoms with Crippen LogP contribution >= 0.6 is 11.6 Å². The van der Waals surface area contributed by atoms with Crippen molar-refractivity contribution in [3.05, 3.63) is 47.4 Å². The van der Waals surface area contributed by atoms with Crippen LogP contribution in [0.3, 0.4) is 0 Å². The van der Waals surface area contributed by atoms with E-state index in [-0.39, 0.29) is 17.7 Å². The van der Waals surface area contributed by atoms with E-state index in [0.29, 0.717) is 42.6 Å². The number of halogens is 1. The van der Waals surface area contributed by atoms with E-state index in [1.54, 1.807) is 23.1 Å². The molecule has 2 heterocycles. The largest absolute Gasteiger partial charge is 0.459 e. The van der Waals surface area contributed by atoms with E-state index < -0.39 is 0 Å². The van der Waals surface area contributed by atoms with Crippen LogP contribution in [-0.4, -0.2) is 42.9 Å². The second-order valence-electron chi connectivity index (χ2n) is 6.57. The summed E-state index contributed by atoms with van der Waals surface area (Å²) in [6, 6.07) is 8.90. The number of benzene rings is 1. The second kappa shape index (κ2) is 7.83. The highest BCUT2D eigenvalue weighted by Crippen LogP contribution is 2.30. The van der Waals surface area contributed by atoms with Gasteiger partial charge in [0.2, 0.25) is 5.91 Å². The van der Waals surface area contributed by atoms with Crippen molar-refractivity contribution >= 4 is 34.8 Å². The Balaban J connectivity index is 1.62. The summed E-state index contributed by atoms with van der Waals surface area (Å²) in [6.07, 6.45) is 1.50. The molecule has 2 aromatic rings. The Morgan fingerprint density at radius 2 is 1.88 bits per heavy atom. The summed E-state index contributed by atoms with van der Waals surface area (Å²) in [5, 5.41) is 3.43. The van der Waals surface area contributed by atoms with Crippen molar-refractivity contribution in [2.45, 2.75) is 13.8 Å². The first-order valence-corrected chi connectivity index (χ1v) is 9.01. The molecule has 1 aromatic carbocycles. The molecule has 0 bridgehead atoms. The molecule has 1 fully saturated rings. The number of anilines is 2. The van der Waals surface area contributed by atoms with Crippen molar-refractivity contribution in [2.24, 2.45) is 5.92 Å². The van der Waals surface area contributed by atoms with Gasteiger partial charge in [-0.2, -0.15) is 0 Å². The van der Waals surface area contributed by atoms with Crippen LogP contribution in [0, 0.1) is 5.92 Å². The maximum absolute atomic E-state index is 12.3. The van der Waals surface area contributed by atoms with Gasteiger partial charge in [-0.05, 0) is 30.3 Å². The zero-order valence-electron chi connectivity index (χ0n) is 14.9. The monoisotopic (exact) mass is 375 g/mol. The van der Waals surface area contributed by atoms with E-state index in [9.17, 15) is 9.59 Å². The standard InChI is InChI=1S/C19H22ClN3O3/c1-13(2)18(24)21-14-5-6-16(15(20)12-14)22-7-9-23(10-8-22)19(25)17-4-3-11-26-17/h3-6,11-13H,7-10H2,1-2H3,(H,21,24). The molecule has 0 spiro atoms. The lowest BCUT2D eigenvalue weighted by Gasteiger charge is -2.36. The first-order chi connectivity index (χ1) is 12.5. The molecule has 1 aromatic heterocycles. The Morgan fingerprint density at radius 1 is 1.15 bits per heavy atom. The molecular formula is C19H22ClN3O3. The van der Waals surface area contributed by atoms with Crippen molar-refractivity contribution in [1.82, 2.24) is 4.90 Å². The van der Waals surface area contributed by atoms with Gasteiger partial charge in [0.15, 0.2) is 5.76 Å². The average Bonchev–Trinajstić information content (AvgIpc) is 3.16. The van der Waals surface area contributed by atoms with Crippen molar-refractivity contribution in [1.29, 1.82) is 0 Å². The van der Waals surface area contributed by atoms with Crippen LogP contribution in [0.25, 0.3) is 0 Å². The molecule has 26 heavy (non-hydrogen) atoms. The molecule has 138 valence electrons. The Kier molecular flexibility index (Phi) is 5.52. The maximum atomic E-state index is 12.3. The van der Waals surface area contributed by atoms with Gasteiger partial charge in [0.05, 0.1) is 17.0 Å². The van der Waals surface area contributed by atoms with E-state index in [1.165, 1.54) is 6.26 Å². The van der Waals surface area contributed by atoms with E-state index in [2.05, 4.69) is 10.2 Å². The molecule has 1 N–H and O–H groups in total. The minimum Gasteiger partial charge on any atom is -0.459 e. The second-order valence-corrected chi connectivity index (χ2v) is 6.97. The molecule has 1 aliphatic rings. The third-order valence-corrected chi connectivity index (χ3v) is 4.68. The summed E-state index contributed by atoms with van der Waals surface area (Å²) >= 11 is 6.42. The number of hydrogen-bond donors (Lipinski definition) is 1. The number of rotatable bonds is 4. The summed E-state index contributed by atoms with van der Waals surface area (Å²) in [4.78, 5) is 28.0. The molecular weight excluding hydrogens is 354 g/mol. The number of piperazine rings is 1. The van der Waals surface area contributed by atoms with Crippen LogP contribution in [0.1, 0.15) is 24.4 Å². The normalized spacial score (nSPS) is 14.6. The van der Waals surface area contributed by atoms with Crippen molar-refractivity contribution < 1.29 is 14.0 Å². The Bertz CT molecular complexity index is 781. The van der Waals surface area contributed by atoms with Crippen molar-refractivity contribution in [3.63, 3.8) is 0 Å². The number of hydrogen-bond acceptors (Lipinski definition) is 4.